The zero-order valence-corrected chi connectivity index (χ0v) is 9.01. The molecule has 15 heavy (non-hydrogen) atoms. The molecule has 0 saturated carbocycles. The van der Waals surface area contributed by atoms with Gasteiger partial charge in [-0.05, 0) is 12.8 Å². The first-order chi connectivity index (χ1) is 7.15. The number of nitrogen functional groups attached to an aromatic ring is 1. The summed E-state index contributed by atoms with van der Waals surface area (Å²) < 4.78 is 6.55. The second kappa shape index (κ2) is 5.33. The van der Waals surface area contributed by atoms with Crippen LogP contribution in [0.4, 0.5) is 5.95 Å². The highest BCUT2D eigenvalue weighted by molar-refractivity contribution is 5.69. The van der Waals surface area contributed by atoms with Gasteiger partial charge in [-0.15, -0.1) is 5.10 Å². The van der Waals surface area contributed by atoms with Gasteiger partial charge in [0, 0.05) is 0 Å². The van der Waals surface area contributed by atoms with Crippen molar-refractivity contribution in [2.24, 2.45) is 0 Å². The molecule has 0 spiro atoms. The fourth-order valence-electron chi connectivity index (χ4n) is 1.20. The third-order valence-electron chi connectivity index (χ3n) is 2.05. The molecule has 0 radical (unpaired) electrons. The summed E-state index contributed by atoms with van der Waals surface area (Å²) in [7, 11) is 0. The smallest absolute Gasteiger partial charge is 0.328 e. The van der Waals surface area contributed by atoms with Crippen LogP contribution >= 0.6 is 0 Å². The molecule has 0 aliphatic rings. The highest BCUT2D eigenvalue weighted by atomic mass is 16.5. The average molecular weight is 212 g/mol. The van der Waals surface area contributed by atoms with E-state index in [4.69, 9.17) is 10.5 Å². The number of carbonyl (C=O) groups is 1. The van der Waals surface area contributed by atoms with Gasteiger partial charge in [-0.2, -0.15) is 0 Å². The molecule has 2 N–H and O–H groups in total. The van der Waals surface area contributed by atoms with Gasteiger partial charge in [-0.25, -0.2) is 9.67 Å². The van der Waals surface area contributed by atoms with E-state index < -0.39 is 0 Å². The number of hydrogen-bond acceptors (Lipinski definition) is 5. The van der Waals surface area contributed by atoms with Crippen molar-refractivity contribution >= 4 is 11.9 Å². The van der Waals surface area contributed by atoms with Crippen LogP contribution in [0.2, 0.25) is 0 Å². The average Bonchev–Trinajstić information content (AvgIpc) is 2.60. The second-order valence-corrected chi connectivity index (χ2v) is 3.23. The molecule has 0 aliphatic carbocycles. The predicted octanol–water partition coefficient (Wildman–Crippen LogP) is 0.592. The molecule has 0 amide bonds. The highest BCUT2D eigenvalue weighted by Gasteiger charge is 2.11. The van der Waals surface area contributed by atoms with E-state index >= 15 is 0 Å². The minimum atomic E-state index is -0.311. The van der Waals surface area contributed by atoms with Crippen LogP contribution in [0, 0.1) is 0 Å². The second-order valence-electron chi connectivity index (χ2n) is 3.23. The Labute approximate surface area is 88.4 Å². The molecule has 6 nitrogen and oxygen atoms in total. The number of carbonyl (C=O) groups excluding carboxylic acids is 1. The van der Waals surface area contributed by atoms with Crippen molar-refractivity contribution in [2.75, 3.05) is 5.73 Å². The number of esters is 1. The minimum absolute atomic E-state index is 0.0154. The van der Waals surface area contributed by atoms with Crippen molar-refractivity contribution in [3.05, 3.63) is 6.33 Å². The lowest BCUT2D eigenvalue weighted by atomic mass is 10.2. The Morgan fingerprint density at radius 1 is 1.60 bits per heavy atom. The molecule has 0 aliphatic heterocycles. The van der Waals surface area contributed by atoms with Gasteiger partial charge in [0.2, 0.25) is 5.95 Å². The first-order valence-electron chi connectivity index (χ1n) is 5.00. The number of nitrogens with two attached hydrogens (primary N) is 1. The fraction of sp³-hybridized carbons (Fsp3) is 0.667. The van der Waals surface area contributed by atoms with Gasteiger partial charge in [0.15, 0.2) is 0 Å². The highest BCUT2D eigenvalue weighted by Crippen LogP contribution is 2.03. The maximum Gasteiger partial charge on any atom is 0.328 e. The van der Waals surface area contributed by atoms with Crippen molar-refractivity contribution in [3.8, 4) is 0 Å². The lowest BCUT2D eigenvalue weighted by Crippen LogP contribution is -2.21. The third-order valence-corrected chi connectivity index (χ3v) is 2.05. The molecule has 1 rings (SSSR count). The molecule has 1 aromatic rings. The SMILES string of the molecule is CCC(CC)OC(=O)Cn1cnc(N)n1. The molecule has 84 valence electrons. The molecule has 0 aromatic carbocycles. The normalized spacial score (nSPS) is 10.6. The summed E-state index contributed by atoms with van der Waals surface area (Å²) in [6.07, 6.45) is 3.03. The fourth-order valence-corrected chi connectivity index (χ4v) is 1.20. The van der Waals surface area contributed by atoms with Crippen LogP contribution in [0.15, 0.2) is 6.33 Å². The number of rotatable bonds is 5. The van der Waals surface area contributed by atoms with E-state index in [0.29, 0.717) is 0 Å². The molecule has 0 fully saturated rings. The molecule has 0 atom stereocenters. The molecule has 1 aromatic heterocycles. The third kappa shape index (κ3) is 3.57. The molecular formula is C9H16N4O2. The maximum absolute atomic E-state index is 11.4. The summed E-state index contributed by atoms with van der Waals surface area (Å²) in [5.41, 5.74) is 5.31. The van der Waals surface area contributed by atoms with E-state index in [0.717, 1.165) is 12.8 Å². The van der Waals surface area contributed by atoms with Crippen LogP contribution in [0.5, 0.6) is 0 Å². The van der Waals surface area contributed by atoms with E-state index in [9.17, 15) is 4.79 Å². The van der Waals surface area contributed by atoms with Gasteiger partial charge in [0.05, 0.1) is 0 Å². The van der Waals surface area contributed by atoms with Crippen LogP contribution in [0.1, 0.15) is 26.7 Å². The summed E-state index contributed by atoms with van der Waals surface area (Å²) in [6, 6.07) is 0. The van der Waals surface area contributed by atoms with Gasteiger partial charge in [0.25, 0.3) is 0 Å². The van der Waals surface area contributed by atoms with Crippen molar-refractivity contribution in [2.45, 2.75) is 39.3 Å². The standard InChI is InChI=1S/C9H16N4O2/c1-3-7(4-2)15-8(14)5-13-6-11-9(10)12-13/h6-7H,3-5H2,1-2H3,(H2,10,12). The van der Waals surface area contributed by atoms with E-state index in [1.54, 1.807) is 0 Å². The van der Waals surface area contributed by atoms with Crippen LogP contribution < -0.4 is 5.73 Å². The first kappa shape index (κ1) is 11.5. The van der Waals surface area contributed by atoms with E-state index in [-0.39, 0.29) is 24.6 Å². The monoisotopic (exact) mass is 212 g/mol. The summed E-state index contributed by atoms with van der Waals surface area (Å²) in [6.45, 7) is 4.02. The van der Waals surface area contributed by atoms with Gasteiger partial charge in [-0.1, -0.05) is 13.8 Å². The van der Waals surface area contributed by atoms with Gasteiger partial charge in [-0.3, -0.25) is 4.79 Å². The largest absolute Gasteiger partial charge is 0.461 e. The van der Waals surface area contributed by atoms with Crippen LogP contribution in [-0.2, 0) is 16.1 Å². The molecule has 0 saturated heterocycles. The molecule has 0 bridgehead atoms. The molecular weight excluding hydrogens is 196 g/mol. The van der Waals surface area contributed by atoms with Crippen molar-refractivity contribution in [1.82, 2.24) is 14.8 Å². The van der Waals surface area contributed by atoms with Gasteiger partial charge < -0.3 is 10.5 Å². The Bertz CT molecular complexity index is 320. The van der Waals surface area contributed by atoms with Crippen LogP contribution in [0.25, 0.3) is 0 Å². The van der Waals surface area contributed by atoms with Gasteiger partial charge in [0.1, 0.15) is 19.0 Å². The zero-order chi connectivity index (χ0) is 11.3. The minimum Gasteiger partial charge on any atom is -0.461 e. The Balaban J connectivity index is 2.42. The van der Waals surface area contributed by atoms with Crippen LogP contribution in [-0.4, -0.2) is 26.8 Å². The first-order valence-corrected chi connectivity index (χ1v) is 5.00. The van der Waals surface area contributed by atoms with Crippen LogP contribution in [0.3, 0.4) is 0 Å². The van der Waals surface area contributed by atoms with Crippen molar-refractivity contribution < 1.29 is 9.53 Å². The lowest BCUT2D eigenvalue weighted by molar-refractivity contribution is -0.150. The number of hydrogen-bond donors (Lipinski definition) is 1. The van der Waals surface area contributed by atoms with E-state index in [2.05, 4.69) is 10.1 Å². The number of anilines is 1. The summed E-state index contributed by atoms with van der Waals surface area (Å²) in [5.74, 6) is -0.154. The summed E-state index contributed by atoms with van der Waals surface area (Å²) >= 11 is 0. The van der Waals surface area contributed by atoms with Crippen molar-refractivity contribution in [3.63, 3.8) is 0 Å². The van der Waals surface area contributed by atoms with E-state index in [1.165, 1.54) is 11.0 Å². The Morgan fingerprint density at radius 2 is 2.27 bits per heavy atom. The Kier molecular flexibility index (Phi) is 4.08. The number of aromatic nitrogens is 3. The summed E-state index contributed by atoms with van der Waals surface area (Å²) in [5, 5.41) is 3.79. The maximum atomic E-state index is 11.4. The lowest BCUT2D eigenvalue weighted by Gasteiger charge is -2.13. The molecule has 1 heterocycles. The molecule has 0 unspecified atom stereocenters. The van der Waals surface area contributed by atoms with Crippen molar-refractivity contribution in [1.29, 1.82) is 0 Å². The molecule has 6 heteroatoms. The number of nitrogens with zero attached hydrogens (tertiary/aromatic N) is 3. The van der Waals surface area contributed by atoms with Gasteiger partial charge >= 0.3 is 5.97 Å². The summed E-state index contributed by atoms with van der Waals surface area (Å²) in [4.78, 5) is 15.1. The zero-order valence-electron chi connectivity index (χ0n) is 9.01. The Morgan fingerprint density at radius 3 is 2.73 bits per heavy atom. The van der Waals surface area contributed by atoms with E-state index in [1.807, 2.05) is 13.8 Å². The predicted molar refractivity (Wildman–Crippen MR) is 54.9 cm³/mol. The topological polar surface area (TPSA) is 83.0 Å². The quantitative estimate of drug-likeness (QED) is 0.722. The Hall–Kier alpha value is -1.59. The number of ether oxygens (including phenoxy) is 1.